The number of aromatic nitrogens is 2. The van der Waals surface area contributed by atoms with Crippen LogP contribution in [0.1, 0.15) is 6.92 Å². The quantitative estimate of drug-likeness (QED) is 0.427. The number of hydrogen-bond donors (Lipinski definition) is 1. The summed E-state index contributed by atoms with van der Waals surface area (Å²) in [4.78, 5) is 20.8. The predicted molar refractivity (Wildman–Crippen MR) is 131 cm³/mol. The first-order chi connectivity index (χ1) is 15.5. The maximum atomic E-state index is 12.0. The number of benzene rings is 2. The number of phenols is 1. The third kappa shape index (κ3) is 3.47. The van der Waals surface area contributed by atoms with Crippen molar-refractivity contribution < 1.29 is 9.90 Å². The van der Waals surface area contributed by atoms with Gasteiger partial charge in [-0.25, -0.2) is 4.98 Å². The number of halogens is 1. The summed E-state index contributed by atoms with van der Waals surface area (Å²) in [6, 6.07) is 13.3. The van der Waals surface area contributed by atoms with Gasteiger partial charge in [-0.15, -0.1) is 0 Å². The van der Waals surface area contributed by atoms with Crippen molar-refractivity contribution in [1.29, 1.82) is 0 Å². The van der Waals surface area contributed by atoms with Crippen LogP contribution in [-0.4, -0.2) is 50.9 Å². The van der Waals surface area contributed by atoms with Crippen molar-refractivity contribution in [3.05, 3.63) is 60.1 Å². The fraction of sp³-hybridized carbons (Fsp3) is 0.208. The van der Waals surface area contributed by atoms with E-state index in [1.165, 1.54) is 17.6 Å². The van der Waals surface area contributed by atoms with Crippen LogP contribution in [0.4, 0.5) is 5.00 Å². The minimum absolute atomic E-state index is 0.0432. The summed E-state index contributed by atoms with van der Waals surface area (Å²) < 4.78 is 4.60. The largest absolute Gasteiger partial charge is 0.508 e. The molecule has 3 heterocycles. The second-order valence-corrected chi connectivity index (χ2v) is 9.08. The van der Waals surface area contributed by atoms with Crippen molar-refractivity contribution in [2.24, 2.45) is 0 Å². The van der Waals surface area contributed by atoms with Crippen molar-refractivity contribution in [1.82, 2.24) is 14.3 Å². The van der Waals surface area contributed by atoms with Gasteiger partial charge in [-0.05, 0) is 53.5 Å². The number of pyridine rings is 1. The number of hydrogen-bond acceptors (Lipinski definition) is 6. The lowest BCUT2D eigenvalue weighted by Crippen LogP contribution is -2.53. The maximum Gasteiger partial charge on any atom is 0.246 e. The Morgan fingerprint density at radius 3 is 2.84 bits per heavy atom. The van der Waals surface area contributed by atoms with Crippen molar-refractivity contribution in [2.45, 2.75) is 13.0 Å². The first-order valence-corrected chi connectivity index (χ1v) is 11.5. The van der Waals surface area contributed by atoms with E-state index in [9.17, 15) is 9.90 Å². The molecule has 2 aromatic carbocycles. The van der Waals surface area contributed by atoms with E-state index in [1.807, 2.05) is 35.2 Å². The van der Waals surface area contributed by atoms with Crippen LogP contribution < -0.4 is 4.90 Å². The Hall–Kier alpha value is -3.16. The zero-order valence-electron chi connectivity index (χ0n) is 17.5. The van der Waals surface area contributed by atoms with E-state index in [0.29, 0.717) is 36.0 Å². The number of nitrogens with zero attached hydrogens (tertiary/aromatic N) is 4. The number of piperazine rings is 1. The number of carbonyl (C=O) groups excluding carboxylic acids is 1. The Bertz CT molecular complexity index is 1370. The molecule has 1 saturated heterocycles. The summed E-state index contributed by atoms with van der Waals surface area (Å²) in [5.74, 6) is 0.120. The van der Waals surface area contributed by atoms with Crippen LogP contribution in [0.25, 0.3) is 33.1 Å². The van der Waals surface area contributed by atoms with E-state index in [2.05, 4.69) is 22.8 Å². The highest BCUT2D eigenvalue weighted by atomic mass is 35.5. The average molecular weight is 465 g/mol. The number of anilines is 1. The Morgan fingerprint density at radius 2 is 2.06 bits per heavy atom. The third-order valence-electron chi connectivity index (χ3n) is 5.88. The maximum absolute atomic E-state index is 12.0. The van der Waals surface area contributed by atoms with Crippen LogP contribution in [0, 0.1) is 0 Å². The predicted octanol–water partition coefficient (Wildman–Crippen LogP) is 5.09. The Balaban J connectivity index is 1.56. The van der Waals surface area contributed by atoms with Gasteiger partial charge in [0.2, 0.25) is 5.91 Å². The zero-order valence-corrected chi connectivity index (χ0v) is 19.0. The molecule has 1 aliphatic heterocycles. The lowest BCUT2D eigenvalue weighted by molar-refractivity contribution is -0.126. The molecule has 0 aliphatic carbocycles. The summed E-state index contributed by atoms with van der Waals surface area (Å²) in [5, 5.41) is 14.5. The average Bonchev–Trinajstić information content (AvgIpc) is 3.19. The molecule has 1 atom stereocenters. The molecule has 1 fully saturated rings. The second kappa shape index (κ2) is 8.07. The molecule has 0 saturated carbocycles. The fourth-order valence-electron chi connectivity index (χ4n) is 4.32. The first kappa shape index (κ1) is 20.7. The lowest BCUT2D eigenvalue weighted by Gasteiger charge is -2.40. The summed E-state index contributed by atoms with van der Waals surface area (Å²) in [7, 11) is 0. The molecule has 0 bridgehead atoms. The van der Waals surface area contributed by atoms with Gasteiger partial charge in [-0.1, -0.05) is 42.4 Å². The monoisotopic (exact) mass is 464 g/mol. The van der Waals surface area contributed by atoms with Crippen LogP contribution in [0.15, 0.2) is 55.1 Å². The number of fused-ring (bicyclic) bond motifs is 2. The smallest absolute Gasteiger partial charge is 0.246 e. The van der Waals surface area contributed by atoms with Gasteiger partial charge in [0.15, 0.2) is 5.65 Å². The molecule has 6 nitrogen and oxygen atoms in total. The Kier molecular flexibility index (Phi) is 5.23. The minimum Gasteiger partial charge on any atom is -0.508 e. The van der Waals surface area contributed by atoms with Crippen molar-refractivity contribution in [2.75, 3.05) is 24.5 Å². The van der Waals surface area contributed by atoms with Crippen LogP contribution in [0.2, 0.25) is 5.02 Å². The normalized spacial score (nSPS) is 16.6. The van der Waals surface area contributed by atoms with Gasteiger partial charge in [-0.3, -0.25) is 4.79 Å². The van der Waals surface area contributed by atoms with E-state index in [0.717, 1.165) is 26.7 Å². The molecular weight excluding hydrogens is 444 g/mol. The number of carbonyl (C=O) groups is 1. The van der Waals surface area contributed by atoms with E-state index >= 15 is 0 Å². The summed E-state index contributed by atoms with van der Waals surface area (Å²) in [6.07, 6.45) is 1.36. The molecule has 5 rings (SSSR count). The summed E-state index contributed by atoms with van der Waals surface area (Å²) in [5.41, 5.74) is 1.98. The van der Waals surface area contributed by atoms with Crippen LogP contribution in [0.5, 0.6) is 5.75 Å². The molecule has 8 heteroatoms. The summed E-state index contributed by atoms with van der Waals surface area (Å²) in [6.45, 7) is 7.64. The van der Waals surface area contributed by atoms with Gasteiger partial charge >= 0.3 is 0 Å². The van der Waals surface area contributed by atoms with Gasteiger partial charge < -0.3 is 14.9 Å². The first-order valence-electron chi connectivity index (χ1n) is 10.3. The van der Waals surface area contributed by atoms with E-state index < -0.39 is 0 Å². The van der Waals surface area contributed by atoms with E-state index in [1.54, 1.807) is 12.1 Å². The molecule has 1 N–H and O–H groups in total. The number of amides is 1. The molecule has 1 aliphatic rings. The van der Waals surface area contributed by atoms with Crippen LogP contribution >= 0.6 is 23.1 Å². The Labute approximate surface area is 194 Å². The molecule has 0 spiro atoms. The molecule has 0 radical (unpaired) electrons. The molecule has 32 heavy (non-hydrogen) atoms. The van der Waals surface area contributed by atoms with Crippen molar-refractivity contribution >= 4 is 55.8 Å². The van der Waals surface area contributed by atoms with Crippen molar-refractivity contribution in [3.63, 3.8) is 0 Å². The zero-order chi connectivity index (χ0) is 22.4. The molecule has 2 aromatic heterocycles. The van der Waals surface area contributed by atoms with Gasteiger partial charge in [0, 0.05) is 31.2 Å². The second-order valence-electron chi connectivity index (χ2n) is 7.92. The lowest BCUT2D eigenvalue weighted by atomic mass is 10.0. The molecule has 0 unspecified atom stereocenters. The standard InChI is InChI=1S/C24H21ClN4O2S/c1-3-21(31)28-8-9-29(14(2)13-28)24-19-12-20(25)22(26-23(19)27-32-24)18-11-16(30)10-15-6-4-5-7-17(15)18/h3-7,10-12,14,30H,1,8-9,13H2,2H3/t14-/m1/s1. The van der Waals surface area contributed by atoms with Crippen LogP contribution in [0.3, 0.4) is 0 Å². The molecule has 1 amide bonds. The number of aromatic hydroxyl groups is 1. The SMILES string of the molecule is C=CC(=O)N1CCN(c2snc3nc(-c4cc(O)cc5ccccc45)c(Cl)cc23)[C@H](C)C1. The highest BCUT2D eigenvalue weighted by Crippen LogP contribution is 2.40. The number of rotatable bonds is 3. The van der Waals surface area contributed by atoms with E-state index in [4.69, 9.17) is 16.6 Å². The summed E-state index contributed by atoms with van der Waals surface area (Å²) >= 11 is 8.12. The molecule has 4 aromatic rings. The fourth-order valence-corrected chi connectivity index (χ4v) is 5.51. The Morgan fingerprint density at radius 1 is 1.25 bits per heavy atom. The number of phenolic OH excluding ortho intramolecular Hbond substituents is 1. The van der Waals surface area contributed by atoms with Gasteiger partial charge in [0.05, 0.1) is 16.1 Å². The topological polar surface area (TPSA) is 69.6 Å². The van der Waals surface area contributed by atoms with Crippen molar-refractivity contribution in [3.8, 4) is 17.0 Å². The molecular formula is C24H21ClN4O2S. The van der Waals surface area contributed by atoms with E-state index in [-0.39, 0.29) is 17.7 Å². The highest BCUT2D eigenvalue weighted by molar-refractivity contribution is 7.11. The highest BCUT2D eigenvalue weighted by Gasteiger charge is 2.28. The van der Waals surface area contributed by atoms with Gasteiger partial charge in [-0.2, -0.15) is 4.37 Å². The third-order valence-corrected chi connectivity index (χ3v) is 7.06. The van der Waals surface area contributed by atoms with Gasteiger partial charge in [0.1, 0.15) is 10.8 Å². The minimum atomic E-state index is -0.0432. The van der Waals surface area contributed by atoms with Crippen LogP contribution in [-0.2, 0) is 4.79 Å². The molecule has 162 valence electrons. The van der Waals surface area contributed by atoms with Gasteiger partial charge in [0.25, 0.3) is 0 Å².